The number of allylic oxidation sites excluding steroid dienone is 1. The maximum Gasteiger partial charge on any atom is -0.00218 e. The molecule has 0 radical (unpaired) electrons. The molecule has 0 fully saturated rings. The van der Waals surface area contributed by atoms with Crippen molar-refractivity contribution in [2.75, 3.05) is 20.1 Å². The predicted molar refractivity (Wildman–Crippen MR) is 107 cm³/mol. The quantitative estimate of drug-likeness (QED) is 0.252. The topological polar surface area (TPSA) is 3.24 Å². The van der Waals surface area contributed by atoms with Gasteiger partial charge in [0.2, 0.25) is 0 Å². The van der Waals surface area contributed by atoms with Crippen LogP contribution in [-0.2, 0) is 0 Å². The Morgan fingerprint density at radius 1 is 0.682 bits per heavy atom. The van der Waals surface area contributed by atoms with E-state index in [1.165, 1.54) is 77.3 Å². The summed E-state index contributed by atoms with van der Waals surface area (Å²) in [6, 6.07) is 0. The molecule has 0 saturated heterocycles. The van der Waals surface area contributed by atoms with Crippen LogP contribution in [0.25, 0.3) is 0 Å². The number of unbranched alkanes of at least 4 members (excludes halogenated alkanes) is 8. The molecule has 1 nitrogen and oxygen atoms in total. The Balaban J connectivity index is -0.000000516. The Labute approximate surface area is 143 Å². The molecule has 136 valence electrons. The third-order valence-corrected chi connectivity index (χ3v) is 3.58. The largest absolute Gasteiger partial charge is 0.306 e. The van der Waals surface area contributed by atoms with Crippen LogP contribution in [-0.4, -0.2) is 25.0 Å². The van der Waals surface area contributed by atoms with Crippen LogP contribution in [0.3, 0.4) is 0 Å². The summed E-state index contributed by atoms with van der Waals surface area (Å²) in [6.45, 7) is 16.7. The molecule has 0 heterocycles. The van der Waals surface area contributed by atoms with E-state index in [2.05, 4.69) is 39.3 Å². The van der Waals surface area contributed by atoms with Crippen molar-refractivity contribution < 1.29 is 0 Å². The van der Waals surface area contributed by atoms with E-state index in [0.29, 0.717) is 0 Å². The molecule has 0 rings (SSSR count). The Kier molecular flexibility index (Phi) is 34.8. The van der Waals surface area contributed by atoms with Crippen molar-refractivity contribution >= 4 is 0 Å². The van der Waals surface area contributed by atoms with E-state index < -0.39 is 0 Å². The minimum atomic E-state index is 1.08. The fourth-order valence-corrected chi connectivity index (χ4v) is 2.08. The van der Waals surface area contributed by atoms with Gasteiger partial charge in [0.1, 0.15) is 0 Å². The second kappa shape index (κ2) is 28.8. The zero-order valence-corrected chi connectivity index (χ0v) is 16.9. The van der Waals surface area contributed by atoms with Gasteiger partial charge in [-0.2, -0.15) is 0 Å². The molecule has 22 heavy (non-hydrogen) atoms. The van der Waals surface area contributed by atoms with Crippen LogP contribution in [0.15, 0.2) is 12.7 Å². The summed E-state index contributed by atoms with van der Waals surface area (Å²) < 4.78 is 0. The molecule has 0 aromatic carbocycles. The van der Waals surface area contributed by atoms with Crippen molar-refractivity contribution in [1.82, 2.24) is 4.90 Å². The molecule has 0 aliphatic rings. The molecule has 0 aromatic rings. The third-order valence-electron chi connectivity index (χ3n) is 3.58. The van der Waals surface area contributed by atoms with Gasteiger partial charge in [-0.25, -0.2) is 0 Å². The predicted octanol–water partition coefficient (Wildman–Crippen LogP) is 7.47. The van der Waals surface area contributed by atoms with Crippen molar-refractivity contribution in [2.24, 2.45) is 0 Å². The zero-order valence-electron chi connectivity index (χ0n) is 16.9. The van der Waals surface area contributed by atoms with Crippen LogP contribution in [0.5, 0.6) is 0 Å². The first-order chi connectivity index (χ1) is 10.7. The summed E-state index contributed by atoms with van der Waals surface area (Å²) in [5, 5.41) is 0. The van der Waals surface area contributed by atoms with Gasteiger partial charge in [-0.3, -0.25) is 0 Å². The molecule has 0 N–H and O–H groups in total. The molecule has 0 aliphatic carbocycles. The Morgan fingerprint density at radius 3 is 1.27 bits per heavy atom. The molecule has 0 atom stereocenters. The van der Waals surface area contributed by atoms with Crippen LogP contribution in [0, 0.1) is 0 Å². The highest BCUT2D eigenvalue weighted by molar-refractivity contribution is 4.60. The minimum absolute atomic E-state index is 1.08. The average molecular weight is 314 g/mol. The molecule has 1 heteroatoms. The number of hydrogen-bond donors (Lipinski definition) is 0. The highest BCUT2D eigenvalue weighted by atomic mass is 15.1. The van der Waals surface area contributed by atoms with Crippen LogP contribution >= 0.6 is 0 Å². The van der Waals surface area contributed by atoms with E-state index in [0.717, 1.165) is 6.42 Å². The molecule has 0 unspecified atom stereocenters. The van der Waals surface area contributed by atoms with Gasteiger partial charge < -0.3 is 4.90 Å². The van der Waals surface area contributed by atoms with E-state index in [1.807, 2.05) is 19.9 Å². The van der Waals surface area contributed by atoms with Crippen LogP contribution in [0.4, 0.5) is 0 Å². The lowest BCUT2D eigenvalue weighted by Gasteiger charge is -2.16. The van der Waals surface area contributed by atoms with Crippen molar-refractivity contribution in [1.29, 1.82) is 0 Å². The fourth-order valence-electron chi connectivity index (χ4n) is 2.08. The molecular formula is C21H47N. The summed E-state index contributed by atoms with van der Waals surface area (Å²) in [7, 11) is 2.28. The van der Waals surface area contributed by atoms with E-state index in [9.17, 15) is 0 Å². The number of nitrogens with zero attached hydrogens (tertiary/aromatic N) is 1. The molecule has 0 saturated carbocycles. The van der Waals surface area contributed by atoms with E-state index in [4.69, 9.17) is 0 Å². The monoisotopic (exact) mass is 313 g/mol. The summed E-state index contributed by atoms with van der Waals surface area (Å²) in [4.78, 5) is 2.51. The molecule has 0 aliphatic heterocycles. The number of rotatable bonds is 13. The molecule has 0 amide bonds. The normalized spacial score (nSPS) is 9.59. The summed E-state index contributed by atoms with van der Waals surface area (Å²) in [6.07, 6.45) is 17.0. The zero-order chi connectivity index (χ0) is 17.5. The SMILES string of the molecule is C=CCC.CC.CCCCCCCN(C)CCCCCCC. The van der Waals surface area contributed by atoms with Crippen molar-refractivity contribution in [3.05, 3.63) is 12.7 Å². The minimum Gasteiger partial charge on any atom is -0.306 e. The van der Waals surface area contributed by atoms with Crippen molar-refractivity contribution in [3.8, 4) is 0 Å². The van der Waals surface area contributed by atoms with Crippen LogP contribution < -0.4 is 0 Å². The summed E-state index contributed by atoms with van der Waals surface area (Å²) >= 11 is 0. The van der Waals surface area contributed by atoms with Gasteiger partial charge in [-0.05, 0) is 39.4 Å². The third kappa shape index (κ3) is 31.9. The highest BCUT2D eigenvalue weighted by Crippen LogP contribution is 2.05. The van der Waals surface area contributed by atoms with Gasteiger partial charge >= 0.3 is 0 Å². The first-order valence-corrected chi connectivity index (χ1v) is 10.0. The lowest BCUT2D eigenvalue weighted by atomic mass is 10.1. The first kappa shape index (κ1) is 26.6. The Hall–Kier alpha value is -0.300. The van der Waals surface area contributed by atoms with E-state index >= 15 is 0 Å². The van der Waals surface area contributed by atoms with Crippen molar-refractivity contribution in [2.45, 2.75) is 105 Å². The van der Waals surface area contributed by atoms with Gasteiger partial charge in [0.15, 0.2) is 0 Å². The molecule has 0 spiro atoms. The molecule has 0 aromatic heterocycles. The second-order valence-corrected chi connectivity index (χ2v) is 5.83. The smallest absolute Gasteiger partial charge is 0.00218 e. The average Bonchev–Trinajstić information content (AvgIpc) is 2.56. The summed E-state index contributed by atoms with van der Waals surface area (Å²) in [5.74, 6) is 0. The number of hydrogen-bond acceptors (Lipinski definition) is 1. The lowest BCUT2D eigenvalue weighted by molar-refractivity contribution is 0.314. The van der Waals surface area contributed by atoms with Gasteiger partial charge in [0.05, 0.1) is 0 Å². The fraction of sp³-hybridized carbons (Fsp3) is 0.905. The van der Waals surface area contributed by atoms with Gasteiger partial charge in [-0.1, -0.05) is 92.1 Å². The van der Waals surface area contributed by atoms with Gasteiger partial charge in [0, 0.05) is 0 Å². The highest BCUT2D eigenvalue weighted by Gasteiger charge is 1.97. The van der Waals surface area contributed by atoms with Crippen LogP contribution in [0.1, 0.15) is 105 Å². The van der Waals surface area contributed by atoms with Gasteiger partial charge in [0.25, 0.3) is 0 Å². The van der Waals surface area contributed by atoms with Crippen molar-refractivity contribution in [3.63, 3.8) is 0 Å². The first-order valence-electron chi connectivity index (χ1n) is 10.0. The van der Waals surface area contributed by atoms with E-state index in [1.54, 1.807) is 0 Å². The second-order valence-electron chi connectivity index (χ2n) is 5.83. The summed E-state index contributed by atoms with van der Waals surface area (Å²) in [5.41, 5.74) is 0. The van der Waals surface area contributed by atoms with Crippen LogP contribution in [0.2, 0.25) is 0 Å². The maximum atomic E-state index is 3.48. The maximum absolute atomic E-state index is 3.48. The lowest BCUT2D eigenvalue weighted by Crippen LogP contribution is -2.20. The molecule has 0 bridgehead atoms. The Bertz CT molecular complexity index is 151. The van der Waals surface area contributed by atoms with E-state index in [-0.39, 0.29) is 0 Å². The van der Waals surface area contributed by atoms with Gasteiger partial charge in [-0.15, -0.1) is 6.58 Å². The molecular weight excluding hydrogens is 266 g/mol. The Morgan fingerprint density at radius 2 is 1.00 bits per heavy atom. The standard InChI is InChI=1S/C15H33N.C4H8.C2H6/c1-4-6-8-10-12-14-16(3)15-13-11-9-7-5-2;1-3-4-2;1-2/h4-15H2,1-3H3;3H,1,4H2,2H3;1-2H3.